The minimum atomic E-state index is 0.190. The monoisotopic (exact) mass is 169 g/mol. The van der Waals surface area contributed by atoms with Crippen LogP contribution in [-0.4, -0.2) is 10.1 Å². The van der Waals surface area contributed by atoms with Crippen LogP contribution in [0.15, 0.2) is 4.52 Å². The Kier molecular flexibility index (Phi) is 2.47. The molecule has 0 aromatic carbocycles. The van der Waals surface area contributed by atoms with Gasteiger partial charge in [0, 0.05) is 6.42 Å². The molecule has 0 amide bonds. The standard InChI is InChI=1S/C8H15N3O/c1-8(2,3)4-6-10-7(5-9)12-11-6/h4-5,9H2,1-3H3. The molecule has 1 aromatic rings. The molecule has 0 spiro atoms. The smallest absolute Gasteiger partial charge is 0.240 e. The van der Waals surface area contributed by atoms with Crippen LogP contribution in [0, 0.1) is 5.41 Å². The highest BCUT2D eigenvalue weighted by molar-refractivity contribution is 4.89. The molecule has 0 radical (unpaired) electrons. The van der Waals surface area contributed by atoms with Gasteiger partial charge in [0.25, 0.3) is 0 Å². The van der Waals surface area contributed by atoms with Crippen LogP contribution in [0.5, 0.6) is 0 Å². The highest BCUT2D eigenvalue weighted by atomic mass is 16.5. The van der Waals surface area contributed by atoms with E-state index < -0.39 is 0 Å². The van der Waals surface area contributed by atoms with E-state index in [2.05, 4.69) is 30.9 Å². The first kappa shape index (κ1) is 9.19. The van der Waals surface area contributed by atoms with Crippen LogP contribution in [0.4, 0.5) is 0 Å². The molecule has 0 atom stereocenters. The van der Waals surface area contributed by atoms with Crippen LogP contribution in [0.2, 0.25) is 0 Å². The van der Waals surface area contributed by atoms with Crippen molar-refractivity contribution in [2.45, 2.75) is 33.7 Å². The van der Waals surface area contributed by atoms with Gasteiger partial charge in [0.2, 0.25) is 5.89 Å². The largest absolute Gasteiger partial charge is 0.338 e. The average Bonchev–Trinajstić information content (AvgIpc) is 2.32. The first-order chi connectivity index (χ1) is 5.51. The van der Waals surface area contributed by atoms with E-state index in [-0.39, 0.29) is 5.41 Å². The van der Waals surface area contributed by atoms with Gasteiger partial charge in [-0.1, -0.05) is 25.9 Å². The zero-order chi connectivity index (χ0) is 9.19. The molecule has 1 aromatic heterocycles. The number of aromatic nitrogens is 2. The van der Waals surface area contributed by atoms with Crippen molar-refractivity contribution in [3.63, 3.8) is 0 Å². The molecule has 0 unspecified atom stereocenters. The summed E-state index contributed by atoms with van der Waals surface area (Å²) in [5.41, 5.74) is 5.52. The Bertz CT molecular complexity index is 249. The van der Waals surface area contributed by atoms with Gasteiger partial charge in [-0.05, 0) is 5.41 Å². The van der Waals surface area contributed by atoms with E-state index in [4.69, 9.17) is 10.3 Å². The molecule has 0 aliphatic heterocycles. The number of nitrogens with zero attached hydrogens (tertiary/aromatic N) is 2. The SMILES string of the molecule is CC(C)(C)Cc1noc(CN)n1. The molecule has 0 saturated carbocycles. The lowest BCUT2D eigenvalue weighted by atomic mass is 9.92. The van der Waals surface area contributed by atoms with Crippen LogP contribution in [0.1, 0.15) is 32.5 Å². The van der Waals surface area contributed by atoms with Crippen molar-refractivity contribution >= 4 is 0 Å². The van der Waals surface area contributed by atoms with E-state index in [1.54, 1.807) is 0 Å². The Morgan fingerprint density at radius 1 is 1.42 bits per heavy atom. The minimum absolute atomic E-state index is 0.190. The molecule has 1 rings (SSSR count). The summed E-state index contributed by atoms with van der Waals surface area (Å²) >= 11 is 0. The van der Waals surface area contributed by atoms with E-state index in [1.807, 2.05) is 0 Å². The molecule has 0 fully saturated rings. The van der Waals surface area contributed by atoms with Crippen molar-refractivity contribution in [2.75, 3.05) is 0 Å². The fraction of sp³-hybridized carbons (Fsp3) is 0.750. The van der Waals surface area contributed by atoms with Gasteiger partial charge in [-0.25, -0.2) is 0 Å². The number of rotatable bonds is 2. The van der Waals surface area contributed by atoms with Crippen molar-refractivity contribution < 1.29 is 4.52 Å². The van der Waals surface area contributed by atoms with Crippen molar-refractivity contribution in [1.29, 1.82) is 0 Å². The lowest BCUT2D eigenvalue weighted by Gasteiger charge is -2.14. The second kappa shape index (κ2) is 3.23. The predicted molar refractivity (Wildman–Crippen MR) is 45.3 cm³/mol. The fourth-order valence-electron chi connectivity index (χ4n) is 0.919. The first-order valence-corrected chi connectivity index (χ1v) is 4.03. The quantitative estimate of drug-likeness (QED) is 0.720. The van der Waals surface area contributed by atoms with Gasteiger partial charge in [-0.3, -0.25) is 0 Å². The first-order valence-electron chi connectivity index (χ1n) is 4.03. The summed E-state index contributed by atoms with van der Waals surface area (Å²) < 4.78 is 4.87. The van der Waals surface area contributed by atoms with Crippen LogP contribution in [-0.2, 0) is 13.0 Å². The molecule has 0 aliphatic rings. The van der Waals surface area contributed by atoms with E-state index in [9.17, 15) is 0 Å². The van der Waals surface area contributed by atoms with Gasteiger partial charge >= 0.3 is 0 Å². The van der Waals surface area contributed by atoms with Gasteiger partial charge in [0.05, 0.1) is 6.54 Å². The van der Waals surface area contributed by atoms with Crippen molar-refractivity contribution in [1.82, 2.24) is 10.1 Å². The van der Waals surface area contributed by atoms with Gasteiger partial charge in [0.15, 0.2) is 5.82 Å². The molecule has 2 N–H and O–H groups in total. The maximum Gasteiger partial charge on any atom is 0.240 e. The van der Waals surface area contributed by atoms with E-state index in [1.165, 1.54) is 0 Å². The molecule has 0 aliphatic carbocycles. The van der Waals surface area contributed by atoms with Crippen LogP contribution < -0.4 is 5.73 Å². The Hall–Kier alpha value is -0.900. The van der Waals surface area contributed by atoms with Crippen LogP contribution in [0.3, 0.4) is 0 Å². The Morgan fingerprint density at radius 2 is 2.08 bits per heavy atom. The molecule has 68 valence electrons. The van der Waals surface area contributed by atoms with E-state index in [0.717, 1.165) is 12.2 Å². The summed E-state index contributed by atoms with van der Waals surface area (Å²) in [6.45, 7) is 6.71. The maximum atomic E-state index is 5.33. The third kappa shape index (κ3) is 2.62. The van der Waals surface area contributed by atoms with E-state index in [0.29, 0.717) is 12.4 Å². The lowest BCUT2D eigenvalue weighted by molar-refractivity contribution is 0.355. The molecular weight excluding hydrogens is 154 g/mol. The number of nitrogens with two attached hydrogens (primary N) is 1. The van der Waals surface area contributed by atoms with Gasteiger partial charge in [-0.15, -0.1) is 0 Å². The summed E-state index contributed by atoms with van der Waals surface area (Å²) in [7, 11) is 0. The molecule has 0 bridgehead atoms. The summed E-state index contributed by atoms with van der Waals surface area (Å²) in [5.74, 6) is 1.25. The molecule has 4 heteroatoms. The maximum absolute atomic E-state index is 5.33. The second-order valence-electron chi connectivity index (χ2n) is 4.05. The molecule has 1 heterocycles. The van der Waals surface area contributed by atoms with Crippen LogP contribution >= 0.6 is 0 Å². The second-order valence-corrected chi connectivity index (χ2v) is 4.05. The van der Waals surface area contributed by atoms with Gasteiger partial charge in [-0.2, -0.15) is 4.98 Å². The summed E-state index contributed by atoms with van der Waals surface area (Å²) in [6, 6.07) is 0. The lowest BCUT2D eigenvalue weighted by Crippen LogP contribution is -2.10. The minimum Gasteiger partial charge on any atom is -0.338 e. The third-order valence-electron chi connectivity index (χ3n) is 1.37. The van der Waals surface area contributed by atoms with Crippen molar-refractivity contribution in [2.24, 2.45) is 11.1 Å². The summed E-state index contributed by atoms with van der Waals surface area (Å²) in [4.78, 5) is 4.11. The average molecular weight is 169 g/mol. The molecule has 0 saturated heterocycles. The molecule has 4 nitrogen and oxygen atoms in total. The number of hydrogen-bond acceptors (Lipinski definition) is 4. The van der Waals surface area contributed by atoms with Gasteiger partial charge in [0.1, 0.15) is 0 Å². The normalized spacial score (nSPS) is 12.0. The zero-order valence-electron chi connectivity index (χ0n) is 7.79. The zero-order valence-corrected chi connectivity index (χ0v) is 7.79. The third-order valence-corrected chi connectivity index (χ3v) is 1.37. The number of hydrogen-bond donors (Lipinski definition) is 1. The Morgan fingerprint density at radius 3 is 2.50 bits per heavy atom. The van der Waals surface area contributed by atoms with Crippen LogP contribution in [0.25, 0.3) is 0 Å². The Balaban J connectivity index is 2.64. The van der Waals surface area contributed by atoms with Gasteiger partial charge < -0.3 is 10.3 Å². The topological polar surface area (TPSA) is 64.9 Å². The van der Waals surface area contributed by atoms with E-state index >= 15 is 0 Å². The summed E-state index contributed by atoms with van der Waals surface area (Å²) in [6.07, 6.45) is 0.816. The molecular formula is C8H15N3O. The highest BCUT2D eigenvalue weighted by Gasteiger charge is 2.15. The predicted octanol–water partition coefficient (Wildman–Crippen LogP) is 1.12. The molecule has 12 heavy (non-hydrogen) atoms. The summed E-state index contributed by atoms with van der Waals surface area (Å²) in [5, 5.41) is 3.81. The Labute approximate surface area is 72.1 Å². The van der Waals surface area contributed by atoms with Crippen molar-refractivity contribution in [3.05, 3.63) is 11.7 Å². The fourth-order valence-corrected chi connectivity index (χ4v) is 0.919. The van der Waals surface area contributed by atoms with Crippen molar-refractivity contribution in [3.8, 4) is 0 Å². The highest BCUT2D eigenvalue weighted by Crippen LogP contribution is 2.18.